The van der Waals surface area contributed by atoms with E-state index in [1.54, 1.807) is 6.07 Å². The second kappa shape index (κ2) is 3.12. The van der Waals surface area contributed by atoms with Crippen LogP contribution < -0.4 is 5.73 Å². The number of thiophene rings is 1. The van der Waals surface area contributed by atoms with Gasteiger partial charge in [-0.1, -0.05) is 6.07 Å². The van der Waals surface area contributed by atoms with Crippen LogP contribution in [0.25, 0.3) is 0 Å². The molecule has 1 heterocycles. The van der Waals surface area contributed by atoms with Gasteiger partial charge in [-0.2, -0.15) is 0 Å². The van der Waals surface area contributed by atoms with E-state index in [1.807, 2.05) is 11.4 Å². The molecule has 0 unspecified atom stereocenters. The lowest BCUT2D eigenvalue weighted by Crippen LogP contribution is -2.24. The lowest BCUT2D eigenvalue weighted by atomic mass is 10.2. The largest absolute Gasteiger partial charge is 0.366 e. The molecule has 3 nitrogen and oxygen atoms in total. The molecule has 0 spiro atoms. The summed E-state index contributed by atoms with van der Waals surface area (Å²) in [5.41, 5.74) is 5.39. The summed E-state index contributed by atoms with van der Waals surface area (Å²) in [4.78, 5) is 0.787. The Morgan fingerprint density at radius 1 is 1.50 bits per heavy atom. The van der Waals surface area contributed by atoms with E-state index in [1.165, 1.54) is 11.3 Å². The van der Waals surface area contributed by atoms with E-state index in [-0.39, 0.29) is 0 Å². The first-order valence-electron chi connectivity index (χ1n) is 2.87. The smallest absolute Gasteiger partial charge is 0.171 e. The van der Waals surface area contributed by atoms with Gasteiger partial charge in [0, 0.05) is 4.88 Å². The Hall–Kier alpha value is -0.420. The van der Waals surface area contributed by atoms with E-state index in [0.29, 0.717) is 0 Å². The average Bonchev–Trinajstić information content (AvgIpc) is 2.36. The maximum absolute atomic E-state index is 8.63. The first kappa shape index (κ1) is 7.68. The summed E-state index contributed by atoms with van der Waals surface area (Å²) in [6.07, 6.45) is -1.46. The number of aliphatic hydroxyl groups excluding tert-OH is 1. The molecule has 1 rings (SSSR count). The van der Waals surface area contributed by atoms with Gasteiger partial charge in [0.15, 0.2) is 6.29 Å². The Labute approximate surface area is 62.7 Å². The van der Waals surface area contributed by atoms with Crippen molar-refractivity contribution in [3.8, 4) is 0 Å². The van der Waals surface area contributed by atoms with Crippen LogP contribution >= 0.6 is 11.3 Å². The van der Waals surface area contributed by atoms with Gasteiger partial charge >= 0.3 is 0 Å². The third-order valence-electron chi connectivity index (χ3n) is 1.19. The van der Waals surface area contributed by atoms with E-state index >= 15 is 0 Å². The Morgan fingerprint density at radius 3 is 2.60 bits per heavy atom. The van der Waals surface area contributed by atoms with Gasteiger partial charge in [0.05, 0.1) is 6.04 Å². The van der Waals surface area contributed by atoms with Crippen molar-refractivity contribution in [2.24, 2.45) is 5.73 Å². The zero-order valence-electron chi connectivity index (χ0n) is 5.27. The number of hydrogen-bond acceptors (Lipinski definition) is 4. The third kappa shape index (κ3) is 1.54. The highest BCUT2D eigenvalue weighted by molar-refractivity contribution is 7.10. The number of nitrogens with two attached hydrogens (primary N) is 1. The molecule has 1 atom stereocenters. The molecular formula is C6H9NO2S. The molecule has 0 saturated heterocycles. The maximum atomic E-state index is 8.63. The van der Waals surface area contributed by atoms with Crippen LogP contribution in [-0.2, 0) is 0 Å². The fraction of sp³-hybridized carbons (Fsp3) is 0.333. The van der Waals surface area contributed by atoms with E-state index in [9.17, 15) is 0 Å². The highest BCUT2D eigenvalue weighted by Crippen LogP contribution is 2.18. The van der Waals surface area contributed by atoms with Crippen LogP contribution in [0.15, 0.2) is 17.5 Å². The van der Waals surface area contributed by atoms with Crippen molar-refractivity contribution in [1.82, 2.24) is 0 Å². The molecule has 4 heteroatoms. The predicted molar refractivity (Wildman–Crippen MR) is 39.5 cm³/mol. The second-order valence-electron chi connectivity index (χ2n) is 1.95. The van der Waals surface area contributed by atoms with Gasteiger partial charge in [0.1, 0.15) is 0 Å². The van der Waals surface area contributed by atoms with Crippen molar-refractivity contribution < 1.29 is 10.2 Å². The van der Waals surface area contributed by atoms with E-state index in [4.69, 9.17) is 15.9 Å². The summed E-state index contributed by atoms with van der Waals surface area (Å²) in [7, 11) is 0. The van der Waals surface area contributed by atoms with Gasteiger partial charge in [-0.25, -0.2) is 0 Å². The molecule has 56 valence electrons. The topological polar surface area (TPSA) is 66.5 Å². The standard InChI is InChI=1S/C6H9NO2S/c7-5(6(8)9)4-2-1-3-10-4/h1-3,5-6,8-9H,7H2/t5-/m0/s1. The lowest BCUT2D eigenvalue weighted by Gasteiger charge is -2.10. The van der Waals surface area contributed by atoms with E-state index in [2.05, 4.69) is 0 Å². The molecule has 0 fully saturated rings. The van der Waals surface area contributed by atoms with Crippen LogP contribution in [-0.4, -0.2) is 16.5 Å². The van der Waals surface area contributed by atoms with Crippen LogP contribution in [0.3, 0.4) is 0 Å². The molecule has 0 radical (unpaired) electrons. The van der Waals surface area contributed by atoms with Crippen LogP contribution in [0.5, 0.6) is 0 Å². The highest BCUT2D eigenvalue weighted by Gasteiger charge is 2.13. The lowest BCUT2D eigenvalue weighted by molar-refractivity contribution is -0.0582. The first-order valence-corrected chi connectivity index (χ1v) is 3.75. The molecule has 0 saturated carbocycles. The van der Waals surface area contributed by atoms with Crippen LogP contribution in [0, 0.1) is 0 Å². The summed E-state index contributed by atoms with van der Waals surface area (Å²) in [5.74, 6) is 0. The highest BCUT2D eigenvalue weighted by atomic mass is 32.1. The first-order chi connectivity index (χ1) is 4.72. The summed E-state index contributed by atoms with van der Waals surface area (Å²) >= 11 is 1.41. The Morgan fingerprint density at radius 2 is 2.20 bits per heavy atom. The van der Waals surface area contributed by atoms with Crippen molar-refractivity contribution >= 4 is 11.3 Å². The molecule has 0 aliphatic rings. The summed E-state index contributed by atoms with van der Waals surface area (Å²) < 4.78 is 0. The van der Waals surface area contributed by atoms with Crippen molar-refractivity contribution in [3.63, 3.8) is 0 Å². The monoisotopic (exact) mass is 159 g/mol. The molecule has 0 aliphatic carbocycles. The molecule has 1 aromatic rings. The molecule has 0 aromatic carbocycles. The summed E-state index contributed by atoms with van der Waals surface area (Å²) in [6, 6.07) is 2.93. The summed E-state index contributed by atoms with van der Waals surface area (Å²) in [5, 5.41) is 19.1. The van der Waals surface area contributed by atoms with Crippen LogP contribution in [0.2, 0.25) is 0 Å². The van der Waals surface area contributed by atoms with Crippen molar-refractivity contribution in [2.75, 3.05) is 0 Å². The van der Waals surface area contributed by atoms with Gasteiger partial charge in [-0.05, 0) is 11.4 Å². The maximum Gasteiger partial charge on any atom is 0.171 e. The average molecular weight is 159 g/mol. The predicted octanol–water partition coefficient (Wildman–Crippen LogP) is 0.0586. The van der Waals surface area contributed by atoms with Gasteiger partial charge in [-0.3, -0.25) is 0 Å². The van der Waals surface area contributed by atoms with Crippen LogP contribution in [0.1, 0.15) is 10.9 Å². The second-order valence-corrected chi connectivity index (χ2v) is 2.93. The van der Waals surface area contributed by atoms with Gasteiger partial charge < -0.3 is 15.9 Å². The van der Waals surface area contributed by atoms with Gasteiger partial charge in [0.25, 0.3) is 0 Å². The zero-order chi connectivity index (χ0) is 7.56. The third-order valence-corrected chi connectivity index (χ3v) is 2.17. The number of aliphatic hydroxyl groups is 2. The SMILES string of the molecule is N[C@@H](c1cccs1)C(O)O. The fourth-order valence-electron chi connectivity index (χ4n) is 0.628. The van der Waals surface area contributed by atoms with Crippen molar-refractivity contribution in [2.45, 2.75) is 12.3 Å². The number of rotatable bonds is 2. The number of hydrogen-bond donors (Lipinski definition) is 3. The van der Waals surface area contributed by atoms with Crippen molar-refractivity contribution in [3.05, 3.63) is 22.4 Å². The zero-order valence-corrected chi connectivity index (χ0v) is 6.08. The molecule has 0 amide bonds. The summed E-state index contributed by atoms with van der Waals surface area (Å²) in [6.45, 7) is 0. The molecule has 0 bridgehead atoms. The minimum Gasteiger partial charge on any atom is -0.366 e. The molecule has 10 heavy (non-hydrogen) atoms. The Bertz CT molecular complexity index is 186. The fourth-order valence-corrected chi connectivity index (χ4v) is 1.38. The normalized spacial score (nSPS) is 14.0. The minimum atomic E-state index is -1.46. The van der Waals surface area contributed by atoms with E-state index in [0.717, 1.165) is 4.88 Å². The quantitative estimate of drug-likeness (QED) is 0.534. The van der Waals surface area contributed by atoms with E-state index < -0.39 is 12.3 Å². The molecule has 0 aliphatic heterocycles. The van der Waals surface area contributed by atoms with Crippen LogP contribution in [0.4, 0.5) is 0 Å². The van der Waals surface area contributed by atoms with Gasteiger partial charge in [-0.15, -0.1) is 11.3 Å². The Kier molecular flexibility index (Phi) is 2.39. The Balaban J connectivity index is 2.68. The van der Waals surface area contributed by atoms with Crippen molar-refractivity contribution in [1.29, 1.82) is 0 Å². The molecular weight excluding hydrogens is 150 g/mol. The molecule has 4 N–H and O–H groups in total. The minimum absolute atomic E-state index is 0.667. The molecule has 1 aromatic heterocycles. The van der Waals surface area contributed by atoms with Gasteiger partial charge in [0.2, 0.25) is 0 Å².